The highest BCUT2D eigenvalue weighted by Gasteiger charge is 2.24. The Morgan fingerprint density at radius 3 is 2.53 bits per heavy atom. The van der Waals surface area contributed by atoms with Crippen molar-refractivity contribution in [1.82, 2.24) is 4.90 Å². The van der Waals surface area contributed by atoms with E-state index in [1.807, 2.05) is 13.8 Å². The van der Waals surface area contributed by atoms with Crippen molar-refractivity contribution in [3.05, 3.63) is 23.7 Å². The number of carboxylic acid groups (broad SMARTS) is 1. The minimum absolute atomic E-state index is 0.135. The number of amides is 1. The van der Waals surface area contributed by atoms with E-state index >= 15 is 0 Å². The van der Waals surface area contributed by atoms with Gasteiger partial charge in [-0.25, -0.2) is 0 Å². The summed E-state index contributed by atoms with van der Waals surface area (Å²) >= 11 is 0. The van der Waals surface area contributed by atoms with E-state index in [9.17, 15) is 9.59 Å². The van der Waals surface area contributed by atoms with Gasteiger partial charge in [-0.1, -0.05) is 6.92 Å². The summed E-state index contributed by atoms with van der Waals surface area (Å²) in [5.74, 6) is -0.589. The number of carboxylic acids is 1. The number of aliphatic carboxylic acids is 1. The summed E-state index contributed by atoms with van der Waals surface area (Å²) in [7, 11) is 0. The van der Waals surface area contributed by atoms with Gasteiger partial charge in [-0.3, -0.25) is 9.59 Å². The van der Waals surface area contributed by atoms with E-state index in [1.165, 1.54) is 4.90 Å². The van der Waals surface area contributed by atoms with Gasteiger partial charge in [-0.2, -0.15) is 0 Å². The molecule has 0 fully saturated rings. The monoisotopic (exact) mass is 239 g/mol. The average Bonchev–Trinajstić information content (AvgIpc) is 2.70. The van der Waals surface area contributed by atoms with E-state index in [1.54, 1.807) is 19.1 Å². The van der Waals surface area contributed by atoms with Crippen LogP contribution in [0.5, 0.6) is 0 Å². The Morgan fingerprint density at radius 2 is 2.12 bits per heavy atom. The Bertz CT molecular complexity index is 410. The smallest absolute Gasteiger partial charge is 0.323 e. The molecule has 94 valence electrons. The molecule has 0 bridgehead atoms. The molecule has 1 unspecified atom stereocenters. The molecule has 1 rings (SSSR count). The van der Waals surface area contributed by atoms with Crippen molar-refractivity contribution in [2.75, 3.05) is 6.54 Å². The van der Waals surface area contributed by atoms with Gasteiger partial charge in [0, 0.05) is 6.04 Å². The zero-order valence-electron chi connectivity index (χ0n) is 10.3. The highest BCUT2D eigenvalue weighted by molar-refractivity contribution is 5.93. The Labute approximate surface area is 100 Å². The molecule has 5 nitrogen and oxygen atoms in total. The quantitative estimate of drug-likeness (QED) is 0.852. The Hall–Kier alpha value is -1.78. The first-order valence-electron chi connectivity index (χ1n) is 5.55. The number of carbonyl (C=O) groups is 2. The molecule has 0 aliphatic rings. The Morgan fingerprint density at radius 1 is 1.47 bits per heavy atom. The molecule has 0 aromatic carbocycles. The number of rotatable bonds is 5. The molecular weight excluding hydrogens is 222 g/mol. The Kier molecular flexibility index (Phi) is 4.31. The van der Waals surface area contributed by atoms with E-state index in [2.05, 4.69) is 0 Å². The van der Waals surface area contributed by atoms with Gasteiger partial charge in [-0.05, 0) is 32.4 Å². The molecule has 0 saturated heterocycles. The SMILES string of the molecule is CCC(C)N(CC(=O)O)C(=O)c1ccc(C)o1. The second-order valence-corrected chi connectivity index (χ2v) is 3.99. The second kappa shape index (κ2) is 5.52. The number of carbonyl (C=O) groups excluding carboxylic acids is 1. The molecule has 5 heteroatoms. The molecular formula is C12H17NO4. The van der Waals surface area contributed by atoms with E-state index < -0.39 is 5.97 Å². The second-order valence-electron chi connectivity index (χ2n) is 3.99. The standard InChI is InChI=1S/C12H17NO4/c1-4-8(2)13(7-11(14)15)12(16)10-6-5-9(3)17-10/h5-6,8H,4,7H2,1-3H3,(H,14,15). The van der Waals surface area contributed by atoms with Gasteiger partial charge >= 0.3 is 5.97 Å². The van der Waals surface area contributed by atoms with E-state index in [-0.39, 0.29) is 24.3 Å². The van der Waals surface area contributed by atoms with Crippen LogP contribution in [0.25, 0.3) is 0 Å². The topological polar surface area (TPSA) is 70.8 Å². The van der Waals surface area contributed by atoms with Gasteiger partial charge < -0.3 is 14.4 Å². The number of aryl methyl sites for hydroxylation is 1. The maximum atomic E-state index is 12.1. The lowest BCUT2D eigenvalue weighted by molar-refractivity contribution is -0.138. The first kappa shape index (κ1) is 13.3. The van der Waals surface area contributed by atoms with Crippen LogP contribution in [0, 0.1) is 6.92 Å². The number of hydrogen-bond donors (Lipinski definition) is 1. The molecule has 1 aromatic rings. The minimum Gasteiger partial charge on any atom is -0.480 e. The molecule has 1 atom stereocenters. The third kappa shape index (κ3) is 3.34. The van der Waals surface area contributed by atoms with Gasteiger partial charge in [0.25, 0.3) is 5.91 Å². The molecule has 0 aliphatic heterocycles. The zero-order chi connectivity index (χ0) is 13.0. The third-order valence-electron chi connectivity index (χ3n) is 2.64. The molecule has 0 radical (unpaired) electrons. The molecule has 0 spiro atoms. The molecule has 0 saturated carbocycles. The minimum atomic E-state index is -1.03. The summed E-state index contributed by atoms with van der Waals surface area (Å²) in [6.45, 7) is 5.14. The fourth-order valence-electron chi connectivity index (χ4n) is 1.48. The maximum Gasteiger partial charge on any atom is 0.323 e. The first-order chi connectivity index (χ1) is 7.95. The summed E-state index contributed by atoms with van der Waals surface area (Å²) in [6.07, 6.45) is 0.693. The summed E-state index contributed by atoms with van der Waals surface area (Å²) in [5, 5.41) is 8.80. The summed E-state index contributed by atoms with van der Waals surface area (Å²) in [4.78, 5) is 24.1. The van der Waals surface area contributed by atoms with Crippen molar-refractivity contribution in [3.8, 4) is 0 Å². The normalized spacial score (nSPS) is 12.2. The number of hydrogen-bond acceptors (Lipinski definition) is 3. The third-order valence-corrected chi connectivity index (χ3v) is 2.64. The van der Waals surface area contributed by atoms with Crippen LogP contribution in [0.2, 0.25) is 0 Å². The van der Waals surface area contributed by atoms with Crippen LogP contribution >= 0.6 is 0 Å². The van der Waals surface area contributed by atoms with Crippen LogP contribution in [0.4, 0.5) is 0 Å². The molecule has 17 heavy (non-hydrogen) atoms. The summed E-state index contributed by atoms with van der Waals surface area (Å²) < 4.78 is 5.22. The highest BCUT2D eigenvalue weighted by atomic mass is 16.4. The van der Waals surface area contributed by atoms with Crippen LogP contribution in [0.3, 0.4) is 0 Å². The van der Waals surface area contributed by atoms with E-state index in [0.29, 0.717) is 12.2 Å². The van der Waals surface area contributed by atoms with E-state index in [0.717, 1.165) is 0 Å². The fourth-order valence-corrected chi connectivity index (χ4v) is 1.48. The molecule has 1 N–H and O–H groups in total. The fraction of sp³-hybridized carbons (Fsp3) is 0.500. The van der Waals surface area contributed by atoms with Gasteiger partial charge in [0.1, 0.15) is 12.3 Å². The predicted molar refractivity (Wildman–Crippen MR) is 61.9 cm³/mol. The Balaban J connectivity index is 2.89. The van der Waals surface area contributed by atoms with Crippen LogP contribution < -0.4 is 0 Å². The maximum absolute atomic E-state index is 12.1. The average molecular weight is 239 g/mol. The summed E-state index contributed by atoms with van der Waals surface area (Å²) in [5.41, 5.74) is 0. The largest absolute Gasteiger partial charge is 0.480 e. The number of nitrogens with zero attached hydrogens (tertiary/aromatic N) is 1. The van der Waals surface area contributed by atoms with Crippen molar-refractivity contribution in [2.24, 2.45) is 0 Å². The van der Waals surface area contributed by atoms with E-state index in [4.69, 9.17) is 9.52 Å². The first-order valence-corrected chi connectivity index (χ1v) is 5.55. The summed E-state index contributed by atoms with van der Waals surface area (Å²) in [6, 6.07) is 3.11. The van der Waals surface area contributed by atoms with Crippen molar-refractivity contribution in [1.29, 1.82) is 0 Å². The van der Waals surface area contributed by atoms with Crippen molar-refractivity contribution < 1.29 is 19.1 Å². The van der Waals surface area contributed by atoms with Crippen LogP contribution in [-0.4, -0.2) is 34.5 Å². The molecule has 0 aliphatic carbocycles. The highest BCUT2D eigenvalue weighted by Crippen LogP contribution is 2.13. The van der Waals surface area contributed by atoms with Gasteiger partial charge in [0.05, 0.1) is 0 Å². The van der Waals surface area contributed by atoms with Gasteiger partial charge in [0.2, 0.25) is 0 Å². The van der Waals surface area contributed by atoms with Crippen LogP contribution in [0.15, 0.2) is 16.5 Å². The zero-order valence-corrected chi connectivity index (χ0v) is 10.3. The molecule has 1 amide bonds. The molecule has 1 aromatic heterocycles. The molecule has 1 heterocycles. The van der Waals surface area contributed by atoms with Crippen LogP contribution in [0.1, 0.15) is 36.6 Å². The lowest BCUT2D eigenvalue weighted by Gasteiger charge is -2.25. The lowest BCUT2D eigenvalue weighted by atomic mass is 10.2. The van der Waals surface area contributed by atoms with Gasteiger partial charge in [-0.15, -0.1) is 0 Å². The lowest BCUT2D eigenvalue weighted by Crippen LogP contribution is -2.41. The predicted octanol–water partition coefficient (Wildman–Crippen LogP) is 1.91. The van der Waals surface area contributed by atoms with Crippen molar-refractivity contribution in [2.45, 2.75) is 33.2 Å². The van der Waals surface area contributed by atoms with Crippen molar-refractivity contribution >= 4 is 11.9 Å². The van der Waals surface area contributed by atoms with Crippen LogP contribution in [-0.2, 0) is 4.79 Å². The number of furan rings is 1. The van der Waals surface area contributed by atoms with Crippen molar-refractivity contribution in [3.63, 3.8) is 0 Å². The van der Waals surface area contributed by atoms with Gasteiger partial charge in [0.15, 0.2) is 5.76 Å².